The molecule has 0 saturated carbocycles. The zero-order valence-corrected chi connectivity index (χ0v) is 16.2. The van der Waals surface area contributed by atoms with Gasteiger partial charge in [-0.1, -0.05) is 0 Å². The van der Waals surface area contributed by atoms with E-state index in [4.69, 9.17) is 23.7 Å². The summed E-state index contributed by atoms with van der Waals surface area (Å²) in [6, 6.07) is 0. The third-order valence-corrected chi connectivity index (χ3v) is 8.73. The molecule has 3 fully saturated rings. The van der Waals surface area contributed by atoms with Crippen LogP contribution in [0.25, 0.3) is 0 Å². The molecule has 0 amide bonds. The van der Waals surface area contributed by atoms with E-state index >= 15 is 0 Å². The maximum absolute atomic E-state index is 6.25. The van der Waals surface area contributed by atoms with Gasteiger partial charge in [0.15, 0.2) is 0 Å². The Morgan fingerprint density at radius 1 is 0.905 bits per heavy atom. The molecule has 0 aromatic carbocycles. The van der Waals surface area contributed by atoms with Crippen molar-refractivity contribution in [1.82, 2.24) is 0 Å². The fraction of sp³-hybridized carbons (Fsp3) is 1.00. The van der Waals surface area contributed by atoms with Crippen LogP contribution < -0.4 is 0 Å². The van der Waals surface area contributed by atoms with E-state index in [0.29, 0.717) is 6.61 Å². The van der Waals surface area contributed by atoms with Crippen LogP contribution in [0.2, 0.25) is 11.4 Å². The van der Waals surface area contributed by atoms with Crippen molar-refractivity contribution in [3.8, 4) is 0 Å². The van der Waals surface area contributed by atoms with Crippen LogP contribution in [0.15, 0.2) is 0 Å². The molecule has 3 rings (SSSR count). The second-order valence-corrected chi connectivity index (χ2v) is 16.0. The second-order valence-electron chi connectivity index (χ2n) is 6.82. The molecule has 21 heavy (non-hydrogen) atoms. The molecule has 0 aromatic rings. The summed E-state index contributed by atoms with van der Waals surface area (Å²) in [5.41, 5.74) is 4.66. The molecule has 3 aliphatic heterocycles. The molecule has 5 unspecified atom stereocenters. The summed E-state index contributed by atoms with van der Waals surface area (Å²) < 4.78 is 30.1. The monoisotopic (exact) mass is 380 g/mol. The molecule has 0 spiro atoms. The van der Waals surface area contributed by atoms with Crippen LogP contribution >= 0.6 is 10.0 Å². The molecule has 7 heteroatoms. The van der Waals surface area contributed by atoms with Gasteiger partial charge in [0.05, 0.1) is 0 Å². The van der Waals surface area contributed by atoms with Crippen LogP contribution in [0, 0.1) is 0 Å². The zero-order chi connectivity index (χ0) is 15.4. The van der Waals surface area contributed by atoms with Crippen molar-refractivity contribution >= 4 is 23.5 Å². The van der Waals surface area contributed by atoms with Gasteiger partial charge in [-0.15, -0.1) is 0 Å². The average molecular weight is 380 g/mol. The molecule has 0 radical (unpaired) electrons. The Morgan fingerprint density at radius 2 is 1.57 bits per heavy atom. The van der Waals surface area contributed by atoms with Crippen molar-refractivity contribution in [2.45, 2.75) is 80.5 Å². The summed E-state index contributed by atoms with van der Waals surface area (Å²) in [6.45, 7) is 8.34. The van der Waals surface area contributed by atoms with Crippen molar-refractivity contribution < 1.29 is 23.7 Å². The van der Waals surface area contributed by atoms with E-state index in [-0.39, 0.29) is 29.9 Å². The Hall–Kier alpha value is 0.708. The van der Waals surface area contributed by atoms with Gasteiger partial charge in [0.25, 0.3) is 0 Å². The van der Waals surface area contributed by atoms with Crippen molar-refractivity contribution in [2.24, 2.45) is 0 Å². The normalized spacial score (nSPS) is 44.4. The molecule has 3 saturated heterocycles. The van der Waals surface area contributed by atoms with Gasteiger partial charge in [-0.25, -0.2) is 0 Å². The van der Waals surface area contributed by atoms with Gasteiger partial charge in [-0.3, -0.25) is 0 Å². The van der Waals surface area contributed by atoms with Crippen molar-refractivity contribution in [3.05, 3.63) is 0 Å². The van der Waals surface area contributed by atoms with E-state index < -0.39 is 25.1 Å². The molecular weight excluding hydrogens is 355 g/mol. The van der Waals surface area contributed by atoms with Crippen LogP contribution in [0.5, 0.6) is 0 Å². The molecule has 5 nitrogen and oxygen atoms in total. The maximum atomic E-state index is 6.25. The van der Waals surface area contributed by atoms with Crippen LogP contribution in [0.1, 0.15) is 27.7 Å². The third-order valence-electron chi connectivity index (χ3n) is 3.76. The molecule has 0 aromatic heterocycles. The number of ether oxygens (including phenoxy) is 5. The molecule has 5 atom stereocenters. The Morgan fingerprint density at radius 3 is 2.14 bits per heavy atom. The number of fused-ring (bicyclic) bond motifs is 1. The van der Waals surface area contributed by atoms with Crippen molar-refractivity contribution in [3.63, 3.8) is 0 Å². The minimum absolute atomic E-state index is 0.0147. The Balaban J connectivity index is 1.75. The average Bonchev–Trinajstić information content (AvgIpc) is 2.91. The molecule has 0 aliphatic carbocycles. The SMILES string of the molecule is C[As](C)SC1OC(C2COC(C)(C)O2)C2OC(C)(C)OC12. The van der Waals surface area contributed by atoms with Gasteiger partial charge in [0.1, 0.15) is 0 Å². The van der Waals surface area contributed by atoms with Gasteiger partial charge in [0, 0.05) is 0 Å². The van der Waals surface area contributed by atoms with Crippen LogP contribution in [-0.2, 0) is 23.7 Å². The predicted octanol–water partition coefficient (Wildman–Crippen LogP) is 2.37. The Labute approximate surface area is 134 Å². The first-order chi connectivity index (χ1) is 9.67. The van der Waals surface area contributed by atoms with E-state index in [1.54, 1.807) is 0 Å². The number of hydrogen-bond acceptors (Lipinski definition) is 6. The Bertz CT molecular complexity index is 403. The fourth-order valence-electron chi connectivity index (χ4n) is 3.06. The van der Waals surface area contributed by atoms with Crippen LogP contribution in [0.4, 0.5) is 0 Å². The zero-order valence-electron chi connectivity index (χ0n) is 13.5. The van der Waals surface area contributed by atoms with Crippen LogP contribution in [0.3, 0.4) is 0 Å². The molecule has 0 bridgehead atoms. The summed E-state index contributed by atoms with van der Waals surface area (Å²) in [7, 11) is 1.92. The van der Waals surface area contributed by atoms with Crippen molar-refractivity contribution in [2.75, 3.05) is 6.61 Å². The van der Waals surface area contributed by atoms with E-state index in [1.165, 1.54) is 0 Å². The molecule has 0 N–H and O–H groups in total. The van der Waals surface area contributed by atoms with Gasteiger partial charge >= 0.3 is 134 Å². The first-order valence-electron chi connectivity index (χ1n) is 7.34. The van der Waals surface area contributed by atoms with Gasteiger partial charge in [-0.05, 0) is 0 Å². The topological polar surface area (TPSA) is 46.2 Å². The van der Waals surface area contributed by atoms with E-state index in [0.717, 1.165) is 0 Å². The number of hydrogen-bond donors (Lipinski definition) is 0. The summed E-state index contributed by atoms with van der Waals surface area (Å²) in [5, 5.41) is 0. The summed E-state index contributed by atoms with van der Waals surface area (Å²) in [6.07, 6.45) is -0.303. The standard InChI is InChI=1S/C14H25AsO5S/c1-13(2)16-7-8(18-13)9-10-11(20-14(3,4)19-10)12(17-9)21-15(5)6/h8-12H,7H2,1-6H3. The van der Waals surface area contributed by atoms with Gasteiger partial charge in [-0.2, -0.15) is 0 Å². The van der Waals surface area contributed by atoms with Crippen LogP contribution in [-0.4, -0.2) is 61.5 Å². The molecule has 3 heterocycles. The first kappa shape index (κ1) is 16.6. The second kappa shape index (κ2) is 5.66. The number of rotatable bonds is 3. The molecule has 122 valence electrons. The quantitative estimate of drug-likeness (QED) is 0.701. The van der Waals surface area contributed by atoms with Gasteiger partial charge in [0.2, 0.25) is 0 Å². The minimum atomic E-state index is -0.886. The summed E-state index contributed by atoms with van der Waals surface area (Å²) in [4.78, 5) is 0. The van der Waals surface area contributed by atoms with E-state index in [1.807, 2.05) is 37.7 Å². The first-order valence-corrected chi connectivity index (χ1v) is 14.2. The van der Waals surface area contributed by atoms with E-state index in [9.17, 15) is 0 Å². The predicted molar refractivity (Wildman–Crippen MR) is 82.5 cm³/mol. The van der Waals surface area contributed by atoms with Gasteiger partial charge < -0.3 is 0 Å². The summed E-state index contributed by atoms with van der Waals surface area (Å²) in [5.74, 6) is -1.10. The summed E-state index contributed by atoms with van der Waals surface area (Å²) >= 11 is -0.886. The Kier molecular flexibility index (Phi) is 4.46. The van der Waals surface area contributed by atoms with Crippen molar-refractivity contribution in [1.29, 1.82) is 0 Å². The molecule has 3 aliphatic rings. The third kappa shape index (κ3) is 3.47. The molecular formula is C14H25AsO5S. The fourth-order valence-corrected chi connectivity index (χ4v) is 7.67. The van der Waals surface area contributed by atoms with E-state index in [2.05, 4.69) is 11.4 Å².